The van der Waals surface area contributed by atoms with Crippen LogP contribution >= 0.6 is 0 Å². The fraction of sp³-hybridized carbons (Fsp3) is 0.0833. The van der Waals surface area contributed by atoms with E-state index in [2.05, 4.69) is 10.3 Å². The molecule has 5 nitrogen and oxygen atoms in total. The van der Waals surface area contributed by atoms with Gasteiger partial charge in [-0.25, -0.2) is 0 Å². The fourth-order valence-corrected chi connectivity index (χ4v) is 2.98. The molecule has 4 rings (SSSR count). The highest BCUT2D eigenvalue weighted by molar-refractivity contribution is 5.92. The Bertz CT molecular complexity index is 1140. The summed E-state index contributed by atoms with van der Waals surface area (Å²) in [5.74, 6) is 1.81. The molecule has 0 fully saturated rings. The van der Waals surface area contributed by atoms with Crippen LogP contribution in [0.5, 0.6) is 17.2 Å². The predicted octanol–water partition coefficient (Wildman–Crippen LogP) is 5.35. The molecule has 0 bridgehead atoms. The number of benzene rings is 3. The van der Waals surface area contributed by atoms with Crippen molar-refractivity contribution in [3.63, 3.8) is 0 Å². The van der Waals surface area contributed by atoms with Gasteiger partial charge < -0.3 is 14.8 Å². The monoisotopic (exact) mass is 384 g/mol. The summed E-state index contributed by atoms with van der Waals surface area (Å²) in [4.78, 5) is 16.3. The van der Waals surface area contributed by atoms with Gasteiger partial charge in [-0.05, 0) is 65.7 Å². The SMILES string of the molecule is Cc1cc(NC(=O)COc2ccc3ccccc3c2)ccc1Oc1cccnc1. The van der Waals surface area contributed by atoms with E-state index in [0.717, 1.165) is 16.3 Å². The lowest BCUT2D eigenvalue weighted by Gasteiger charge is -2.11. The van der Waals surface area contributed by atoms with E-state index in [0.29, 0.717) is 22.9 Å². The van der Waals surface area contributed by atoms with E-state index in [1.807, 2.05) is 73.7 Å². The highest BCUT2D eigenvalue weighted by Crippen LogP contribution is 2.27. The second-order valence-corrected chi connectivity index (χ2v) is 6.62. The predicted molar refractivity (Wildman–Crippen MR) is 114 cm³/mol. The molecule has 0 aliphatic carbocycles. The number of ether oxygens (including phenoxy) is 2. The molecule has 0 atom stereocenters. The number of hydrogen-bond donors (Lipinski definition) is 1. The number of rotatable bonds is 6. The smallest absolute Gasteiger partial charge is 0.262 e. The van der Waals surface area contributed by atoms with Crippen molar-refractivity contribution in [3.05, 3.63) is 90.8 Å². The van der Waals surface area contributed by atoms with Crippen LogP contribution in [0.25, 0.3) is 10.8 Å². The maximum Gasteiger partial charge on any atom is 0.262 e. The van der Waals surface area contributed by atoms with Crippen LogP contribution in [-0.4, -0.2) is 17.5 Å². The first kappa shape index (κ1) is 18.5. The maximum atomic E-state index is 12.3. The van der Waals surface area contributed by atoms with Gasteiger partial charge in [-0.15, -0.1) is 0 Å². The molecular weight excluding hydrogens is 364 g/mol. The minimum Gasteiger partial charge on any atom is -0.484 e. The second kappa shape index (κ2) is 8.44. The Morgan fingerprint density at radius 1 is 0.931 bits per heavy atom. The average molecular weight is 384 g/mol. The number of carbonyl (C=O) groups excluding carboxylic acids is 1. The van der Waals surface area contributed by atoms with Gasteiger partial charge in [0.15, 0.2) is 6.61 Å². The summed E-state index contributed by atoms with van der Waals surface area (Å²) in [6, 6.07) is 22.9. The van der Waals surface area contributed by atoms with Gasteiger partial charge in [-0.2, -0.15) is 0 Å². The molecule has 0 unspecified atom stereocenters. The standard InChI is InChI=1S/C24H20N2O3/c1-17-13-20(9-11-23(17)29-22-7-4-12-25-15-22)26-24(27)16-28-21-10-8-18-5-2-3-6-19(18)14-21/h2-15H,16H2,1H3,(H,26,27). The van der Waals surface area contributed by atoms with Crippen LogP contribution in [0.1, 0.15) is 5.56 Å². The van der Waals surface area contributed by atoms with E-state index in [-0.39, 0.29) is 12.5 Å². The molecule has 1 aromatic heterocycles. The highest BCUT2D eigenvalue weighted by Gasteiger charge is 2.07. The second-order valence-electron chi connectivity index (χ2n) is 6.62. The molecule has 1 N–H and O–H groups in total. The quantitative estimate of drug-likeness (QED) is 0.487. The lowest BCUT2D eigenvalue weighted by atomic mass is 10.1. The highest BCUT2D eigenvalue weighted by atomic mass is 16.5. The number of nitrogens with one attached hydrogen (secondary N) is 1. The summed E-state index contributed by atoms with van der Waals surface area (Å²) in [5, 5.41) is 5.06. The van der Waals surface area contributed by atoms with E-state index < -0.39 is 0 Å². The Kier molecular flexibility index (Phi) is 5.38. The molecular formula is C24H20N2O3. The lowest BCUT2D eigenvalue weighted by molar-refractivity contribution is -0.118. The van der Waals surface area contributed by atoms with Gasteiger partial charge in [0.25, 0.3) is 5.91 Å². The van der Waals surface area contributed by atoms with Crippen LogP contribution in [-0.2, 0) is 4.79 Å². The first-order chi connectivity index (χ1) is 14.2. The van der Waals surface area contributed by atoms with Crippen molar-refractivity contribution in [2.75, 3.05) is 11.9 Å². The van der Waals surface area contributed by atoms with Gasteiger partial charge in [0.2, 0.25) is 0 Å². The number of fused-ring (bicyclic) bond motifs is 1. The molecule has 5 heteroatoms. The van der Waals surface area contributed by atoms with Gasteiger partial charge in [-0.3, -0.25) is 9.78 Å². The van der Waals surface area contributed by atoms with Gasteiger partial charge in [0.05, 0.1) is 6.20 Å². The topological polar surface area (TPSA) is 60.5 Å². The summed E-state index contributed by atoms with van der Waals surface area (Å²) < 4.78 is 11.4. The molecule has 4 aromatic rings. The van der Waals surface area contributed by atoms with Crippen molar-refractivity contribution in [1.82, 2.24) is 4.98 Å². The van der Waals surface area contributed by atoms with Crippen LogP contribution in [0.4, 0.5) is 5.69 Å². The van der Waals surface area contributed by atoms with Crippen molar-refractivity contribution < 1.29 is 14.3 Å². The summed E-state index contributed by atoms with van der Waals surface area (Å²) in [6.45, 7) is 1.86. The molecule has 0 aliphatic heterocycles. The number of aromatic nitrogens is 1. The molecule has 0 saturated heterocycles. The minimum atomic E-state index is -0.224. The van der Waals surface area contributed by atoms with E-state index >= 15 is 0 Å². The van der Waals surface area contributed by atoms with Gasteiger partial charge in [-0.1, -0.05) is 30.3 Å². The number of nitrogens with zero attached hydrogens (tertiary/aromatic N) is 1. The van der Waals surface area contributed by atoms with Crippen LogP contribution in [0.3, 0.4) is 0 Å². The van der Waals surface area contributed by atoms with Crippen LogP contribution < -0.4 is 14.8 Å². The third-order valence-electron chi connectivity index (χ3n) is 4.41. The lowest BCUT2D eigenvalue weighted by Crippen LogP contribution is -2.20. The summed E-state index contributed by atoms with van der Waals surface area (Å²) in [5.41, 5.74) is 1.59. The maximum absolute atomic E-state index is 12.3. The Morgan fingerprint density at radius 3 is 2.59 bits per heavy atom. The van der Waals surface area contributed by atoms with Crippen LogP contribution in [0.2, 0.25) is 0 Å². The molecule has 0 saturated carbocycles. The number of anilines is 1. The van der Waals surface area contributed by atoms with Gasteiger partial charge in [0, 0.05) is 11.9 Å². The summed E-state index contributed by atoms with van der Waals surface area (Å²) >= 11 is 0. The Balaban J connectivity index is 1.35. The Morgan fingerprint density at radius 2 is 1.79 bits per heavy atom. The van der Waals surface area contributed by atoms with E-state index in [1.165, 1.54) is 0 Å². The summed E-state index contributed by atoms with van der Waals surface area (Å²) in [6.07, 6.45) is 3.34. The number of pyridine rings is 1. The zero-order valence-corrected chi connectivity index (χ0v) is 16.0. The van der Waals surface area contributed by atoms with Crippen molar-refractivity contribution in [3.8, 4) is 17.2 Å². The number of amides is 1. The fourth-order valence-electron chi connectivity index (χ4n) is 2.98. The number of carbonyl (C=O) groups is 1. The van der Waals surface area contributed by atoms with Crippen molar-refractivity contribution in [2.24, 2.45) is 0 Å². The molecule has 0 radical (unpaired) electrons. The zero-order chi connectivity index (χ0) is 20.1. The molecule has 1 amide bonds. The molecule has 0 spiro atoms. The van der Waals surface area contributed by atoms with Crippen molar-refractivity contribution in [1.29, 1.82) is 0 Å². The molecule has 1 heterocycles. The Hall–Kier alpha value is -3.86. The van der Waals surface area contributed by atoms with E-state index in [4.69, 9.17) is 9.47 Å². The zero-order valence-electron chi connectivity index (χ0n) is 16.0. The van der Waals surface area contributed by atoms with Crippen LogP contribution in [0, 0.1) is 6.92 Å². The molecule has 29 heavy (non-hydrogen) atoms. The molecule has 0 aliphatic rings. The minimum absolute atomic E-state index is 0.0642. The largest absolute Gasteiger partial charge is 0.484 e. The average Bonchev–Trinajstić information content (AvgIpc) is 2.75. The third-order valence-corrected chi connectivity index (χ3v) is 4.41. The molecule has 144 valence electrons. The van der Waals surface area contributed by atoms with Gasteiger partial charge >= 0.3 is 0 Å². The summed E-state index contributed by atoms with van der Waals surface area (Å²) in [7, 11) is 0. The number of aryl methyl sites for hydroxylation is 1. The van der Waals surface area contributed by atoms with E-state index in [1.54, 1.807) is 18.5 Å². The van der Waals surface area contributed by atoms with Crippen molar-refractivity contribution >= 4 is 22.4 Å². The third kappa shape index (κ3) is 4.71. The van der Waals surface area contributed by atoms with E-state index in [9.17, 15) is 4.79 Å². The van der Waals surface area contributed by atoms with Gasteiger partial charge in [0.1, 0.15) is 17.2 Å². The normalized spacial score (nSPS) is 10.5. The van der Waals surface area contributed by atoms with Crippen LogP contribution in [0.15, 0.2) is 85.2 Å². The molecule has 3 aromatic carbocycles. The number of hydrogen-bond acceptors (Lipinski definition) is 4. The Labute approximate surface area is 168 Å². The first-order valence-electron chi connectivity index (χ1n) is 9.27. The van der Waals surface area contributed by atoms with Crippen molar-refractivity contribution in [2.45, 2.75) is 6.92 Å². The first-order valence-corrected chi connectivity index (χ1v) is 9.27.